The number of anilines is 1. The molecule has 1 heterocycles. The summed E-state index contributed by atoms with van der Waals surface area (Å²) in [5, 5.41) is 3.30. The van der Waals surface area contributed by atoms with E-state index in [1.54, 1.807) is 0 Å². The first-order chi connectivity index (χ1) is 12.0. The average Bonchev–Trinajstić information content (AvgIpc) is 2.58. The molecule has 25 heavy (non-hydrogen) atoms. The van der Waals surface area contributed by atoms with Crippen molar-refractivity contribution in [2.45, 2.75) is 44.5 Å². The quantitative estimate of drug-likeness (QED) is 0.827. The van der Waals surface area contributed by atoms with Gasteiger partial charge in [-0.15, -0.1) is 13.2 Å². The van der Waals surface area contributed by atoms with Gasteiger partial charge in [-0.2, -0.15) is 0 Å². The van der Waals surface area contributed by atoms with Crippen LogP contribution in [0, 0.1) is 0 Å². The standard InChI is InChI=1S/C17H18F3N3O2/c18-17(19,20)25-14-8-6-13(7-9-14)24-15-10-21-16(22-11-15)23-12-4-2-1-3-5-12/h6-12H,1-5H2,(H,21,22,23). The SMILES string of the molecule is FC(F)(F)Oc1ccc(Oc2cnc(NC3CCCCC3)nc2)cc1. The Balaban J connectivity index is 1.55. The van der Waals surface area contributed by atoms with Gasteiger partial charge in [0.05, 0.1) is 12.4 Å². The topological polar surface area (TPSA) is 56.3 Å². The molecule has 0 unspecified atom stereocenters. The maximum absolute atomic E-state index is 12.1. The number of nitrogens with zero attached hydrogens (tertiary/aromatic N) is 2. The molecule has 1 saturated carbocycles. The molecule has 0 bridgehead atoms. The summed E-state index contributed by atoms with van der Waals surface area (Å²) in [6, 6.07) is 5.54. The van der Waals surface area contributed by atoms with Gasteiger partial charge in [-0.25, -0.2) is 9.97 Å². The molecular formula is C17H18F3N3O2. The van der Waals surface area contributed by atoms with Gasteiger partial charge in [-0.05, 0) is 37.1 Å². The van der Waals surface area contributed by atoms with Crippen LogP contribution in [0.25, 0.3) is 0 Å². The van der Waals surface area contributed by atoms with Crippen molar-refractivity contribution in [2.75, 3.05) is 5.32 Å². The van der Waals surface area contributed by atoms with Crippen LogP contribution >= 0.6 is 0 Å². The van der Waals surface area contributed by atoms with E-state index in [1.165, 1.54) is 55.9 Å². The Labute approximate surface area is 143 Å². The summed E-state index contributed by atoms with van der Waals surface area (Å²) >= 11 is 0. The minimum absolute atomic E-state index is 0.303. The zero-order valence-corrected chi connectivity index (χ0v) is 13.4. The van der Waals surface area contributed by atoms with Crippen molar-refractivity contribution in [3.63, 3.8) is 0 Å². The van der Waals surface area contributed by atoms with Crippen molar-refractivity contribution >= 4 is 5.95 Å². The molecule has 0 radical (unpaired) electrons. The molecule has 0 saturated heterocycles. The van der Waals surface area contributed by atoms with Crippen molar-refractivity contribution < 1.29 is 22.6 Å². The lowest BCUT2D eigenvalue weighted by atomic mass is 9.96. The molecule has 134 valence electrons. The van der Waals surface area contributed by atoms with E-state index in [9.17, 15) is 13.2 Å². The maximum Gasteiger partial charge on any atom is 0.573 e. The Bertz CT molecular complexity index is 669. The highest BCUT2D eigenvalue weighted by atomic mass is 19.4. The number of hydrogen-bond donors (Lipinski definition) is 1. The molecule has 2 aromatic rings. The monoisotopic (exact) mass is 353 g/mol. The summed E-state index contributed by atoms with van der Waals surface area (Å²) in [7, 11) is 0. The molecule has 1 aromatic carbocycles. The largest absolute Gasteiger partial charge is 0.573 e. The van der Waals surface area contributed by atoms with Gasteiger partial charge in [0.1, 0.15) is 11.5 Å². The maximum atomic E-state index is 12.1. The summed E-state index contributed by atoms with van der Waals surface area (Å²) in [5.41, 5.74) is 0. The first-order valence-electron chi connectivity index (χ1n) is 8.10. The predicted molar refractivity (Wildman–Crippen MR) is 85.7 cm³/mol. The van der Waals surface area contributed by atoms with Gasteiger partial charge in [0, 0.05) is 6.04 Å². The average molecular weight is 353 g/mol. The fourth-order valence-corrected chi connectivity index (χ4v) is 2.72. The second-order valence-electron chi connectivity index (χ2n) is 5.84. The number of rotatable bonds is 5. The van der Waals surface area contributed by atoms with Crippen LogP contribution in [0.3, 0.4) is 0 Å². The molecule has 8 heteroatoms. The Kier molecular flexibility index (Phi) is 5.25. The van der Waals surface area contributed by atoms with E-state index in [2.05, 4.69) is 20.0 Å². The minimum atomic E-state index is -4.71. The number of hydrogen-bond acceptors (Lipinski definition) is 5. The minimum Gasteiger partial charge on any atom is -0.454 e. The van der Waals surface area contributed by atoms with Crippen molar-refractivity contribution in [1.82, 2.24) is 9.97 Å². The van der Waals surface area contributed by atoms with Crippen molar-refractivity contribution in [2.24, 2.45) is 0 Å². The third kappa shape index (κ3) is 5.51. The van der Waals surface area contributed by atoms with Gasteiger partial charge >= 0.3 is 6.36 Å². The summed E-state index contributed by atoms with van der Waals surface area (Å²) in [4.78, 5) is 8.43. The van der Waals surface area contributed by atoms with Crippen molar-refractivity contribution in [1.29, 1.82) is 0 Å². The predicted octanol–water partition coefficient (Wildman–Crippen LogP) is 4.91. The van der Waals surface area contributed by atoms with Crippen LogP contribution in [0.4, 0.5) is 19.1 Å². The Morgan fingerprint density at radius 1 is 0.880 bits per heavy atom. The van der Waals surface area contributed by atoms with Crippen LogP contribution in [-0.2, 0) is 0 Å². The van der Waals surface area contributed by atoms with E-state index < -0.39 is 6.36 Å². The molecule has 5 nitrogen and oxygen atoms in total. The fraction of sp³-hybridized carbons (Fsp3) is 0.412. The van der Waals surface area contributed by atoms with Crippen LogP contribution in [0.1, 0.15) is 32.1 Å². The first-order valence-corrected chi connectivity index (χ1v) is 8.10. The number of nitrogens with one attached hydrogen (secondary N) is 1. The number of aromatic nitrogens is 2. The number of benzene rings is 1. The molecule has 1 fully saturated rings. The number of alkyl halides is 3. The molecule has 0 amide bonds. The molecular weight excluding hydrogens is 335 g/mol. The highest BCUT2D eigenvalue weighted by Gasteiger charge is 2.31. The van der Waals surface area contributed by atoms with Gasteiger partial charge in [-0.3, -0.25) is 0 Å². The third-order valence-electron chi connectivity index (χ3n) is 3.86. The zero-order chi connectivity index (χ0) is 17.7. The van der Waals surface area contributed by atoms with E-state index in [0.717, 1.165) is 12.8 Å². The summed E-state index contributed by atoms with van der Waals surface area (Å²) in [5.74, 6) is 1.01. The van der Waals surface area contributed by atoms with Crippen LogP contribution in [0.15, 0.2) is 36.7 Å². The van der Waals surface area contributed by atoms with Crippen LogP contribution in [0.2, 0.25) is 0 Å². The lowest BCUT2D eigenvalue weighted by Gasteiger charge is -2.22. The van der Waals surface area contributed by atoms with Gasteiger partial charge in [-0.1, -0.05) is 19.3 Å². The van der Waals surface area contributed by atoms with E-state index in [1.807, 2.05) is 0 Å². The lowest BCUT2D eigenvalue weighted by Crippen LogP contribution is -2.23. The summed E-state index contributed by atoms with van der Waals surface area (Å²) in [6.45, 7) is 0. The Morgan fingerprint density at radius 3 is 2.08 bits per heavy atom. The molecule has 1 aliphatic rings. The lowest BCUT2D eigenvalue weighted by molar-refractivity contribution is -0.274. The van der Waals surface area contributed by atoms with Crippen molar-refractivity contribution in [3.05, 3.63) is 36.7 Å². The van der Waals surface area contributed by atoms with Gasteiger partial charge in [0.15, 0.2) is 5.75 Å². The van der Waals surface area contributed by atoms with E-state index >= 15 is 0 Å². The number of halogens is 3. The van der Waals surface area contributed by atoms with Crippen molar-refractivity contribution in [3.8, 4) is 17.2 Å². The van der Waals surface area contributed by atoms with Crippen LogP contribution < -0.4 is 14.8 Å². The third-order valence-corrected chi connectivity index (χ3v) is 3.86. The van der Waals surface area contributed by atoms with Crippen LogP contribution in [0.5, 0.6) is 17.2 Å². The Morgan fingerprint density at radius 2 is 1.48 bits per heavy atom. The molecule has 0 spiro atoms. The Hall–Kier alpha value is -2.51. The second kappa shape index (κ2) is 7.58. The highest BCUT2D eigenvalue weighted by Crippen LogP contribution is 2.27. The fourth-order valence-electron chi connectivity index (χ4n) is 2.72. The van der Waals surface area contributed by atoms with E-state index in [4.69, 9.17) is 4.74 Å². The smallest absolute Gasteiger partial charge is 0.454 e. The molecule has 1 aromatic heterocycles. The van der Waals surface area contributed by atoms with Gasteiger partial charge in [0.2, 0.25) is 5.95 Å². The molecule has 1 aliphatic carbocycles. The molecule has 0 atom stereocenters. The summed E-state index contributed by atoms with van der Waals surface area (Å²) in [6.07, 6.45) is 4.29. The van der Waals surface area contributed by atoms with E-state index in [-0.39, 0.29) is 5.75 Å². The molecule has 0 aliphatic heterocycles. The summed E-state index contributed by atoms with van der Waals surface area (Å²) < 4.78 is 45.7. The first kappa shape index (κ1) is 17.3. The van der Waals surface area contributed by atoms with Gasteiger partial charge in [0.25, 0.3) is 0 Å². The normalized spacial score (nSPS) is 15.6. The van der Waals surface area contributed by atoms with E-state index in [0.29, 0.717) is 23.5 Å². The number of ether oxygens (including phenoxy) is 2. The molecule has 3 rings (SSSR count). The second-order valence-corrected chi connectivity index (χ2v) is 5.84. The molecule has 1 N–H and O–H groups in total. The van der Waals surface area contributed by atoms with Crippen LogP contribution in [-0.4, -0.2) is 22.4 Å². The highest BCUT2D eigenvalue weighted by molar-refractivity contribution is 5.35. The van der Waals surface area contributed by atoms with Gasteiger partial charge < -0.3 is 14.8 Å². The zero-order valence-electron chi connectivity index (χ0n) is 13.4.